The predicted octanol–water partition coefficient (Wildman–Crippen LogP) is 3.91. The minimum atomic E-state index is -0.355. The molecule has 1 aromatic heterocycles. The summed E-state index contributed by atoms with van der Waals surface area (Å²) in [7, 11) is 0. The third-order valence-electron chi connectivity index (χ3n) is 5.65. The summed E-state index contributed by atoms with van der Waals surface area (Å²) in [5, 5.41) is 0.472. The van der Waals surface area contributed by atoms with Crippen molar-refractivity contribution < 1.29 is 23.5 Å². The topological polar surface area (TPSA) is 79.8 Å². The first-order valence-electron chi connectivity index (χ1n) is 10.4. The molecule has 2 aromatic carbocycles. The number of nitrogens with zero attached hydrogens (tertiary/aromatic N) is 3. The van der Waals surface area contributed by atoms with Crippen LogP contribution in [0.1, 0.15) is 36.0 Å². The Morgan fingerprint density at radius 1 is 1.16 bits per heavy atom. The number of thiazole rings is 1. The van der Waals surface area contributed by atoms with Crippen LogP contribution in [-0.2, 0) is 14.3 Å². The number of aromatic nitrogens is 1. The molecule has 2 aliphatic heterocycles. The summed E-state index contributed by atoms with van der Waals surface area (Å²) < 4.78 is 20.0. The van der Waals surface area contributed by atoms with Gasteiger partial charge in [-0.1, -0.05) is 11.3 Å². The third kappa shape index (κ3) is 3.89. The van der Waals surface area contributed by atoms with Crippen LogP contribution in [0.25, 0.3) is 10.2 Å². The van der Waals surface area contributed by atoms with Crippen molar-refractivity contribution in [1.82, 2.24) is 4.98 Å². The molecule has 164 valence electrons. The molecule has 1 unspecified atom stereocenters. The van der Waals surface area contributed by atoms with E-state index in [1.165, 1.54) is 23.5 Å². The summed E-state index contributed by atoms with van der Waals surface area (Å²) in [6.07, 6.45) is 2.09. The first-order chi connectivity index (χ1) is 15.5. The van der Waals surface area contributed by atoms with Crippen molar-refractivity contribution in [2.45, 2.75) is 31.8 Å². The molecule has 0 N–H and O–H groups in total. The molecule has 9 heteroatoms. The molecule has 3 amide bonds. The van der Waals surface area contributed by atoms with Crippen LogP contribution in [-0.4, -0.2) is 42.0 Å². The van der Waals surface area contributed by atoms with Crippen LogP contribution in [0.4, 0.5) is 15.2 Å². The second-order valence-electron chi connectivity index (χ2n) is 7.83. The zero-order valence-corrected chi connectivity index (χ0v) is 17.9. The van der Waals surface area contributed by atoms with E-state index >= 15 is 0 Å². The van der Waals surface area contributed by atoms with Crippen LogP contribution in [0.5, 0.6) is 0 Å². The lowest BCUT2D eigenvalue weighted by Gasteiger charge is -2.23. The van der Waals surface area contributed by atoms with Crippen molar-refractivity contribution in [2.24, 2.45) is 0 Å². The first kappa shape index (κ1) is 20.7. The van der Waals surface area contributed by atoms with E-state index < -0.39 is 0 Å². The predicted molar refractivity (Wildman–Crippen MR) is 118 cm³/mol. The van der Waals surface area contributed by atoms with E-state index in [2.05, 4.69) is 4.98 Å². The molecule has 3 aromatic rings. The highest BCUT2D eigenvalue weighted by atomic mass is 32.1. The van der Waals surface area contributed by atoms with Gasteiger partial charge in [-0.3, -0.25) is 24.2 Å². The van der Waals surface area contributed by atoms with Gasteiger partial charge in [0.15, 0.2) is 5.13 Å². The highest BCUT2D eigenvalue weighted by Crippen LogP contribution is 2.32. The fourth-order valence-electron chi connectivity index (χ4n) is 4.02. The number of carbonyl (C=O) groups is 3. The van der Waals surface area contributed by atoms with E-state index in [0.29, 0.717) is 39.8 Å². The van der Waals surface area contributed by atoms with Crippen molar-refractivity contribution in [3.05, 3.63) is 53.8 Å². The summed E-state index contributed by atoms with van der Waals surface area (Å²) in [5.74, 6) is -1.11. The van der Waals surface area contributed by atoms with Crippen molar-refractivity contribution in [3.8, 4) is 0 Å². The normalized spacial score (nSPS) is 18.7. The Balaban J connectivity index is 1.45. The molecule has 0 saturated carbocycles. The number of halogens is 1. The van der Waals surface area contributed by atoms with Gasteiger partial charge in [-0.2, -0.15) is 0 Å². The number of hydrogen-bond acceptors (Lipinski definition) is 6. The van der Waals surface area contributed by atoms with Gasteiger partial charge in [0.25, 0.3) is 5.91 Å². The fraction of sp³-hybridized carbons (Fsp3) is 0.304. The van der Waals surface area contributed by atoms with E-state index in [1.54, 1.807) is 35.2 Å². The van der Waals surface area contributed by atoms with E-state index in [1.807, 2.05) is 0 Å². The highest BCUT2D eigenvalue weighted by molar-refractivity contribution is 7.22. The van der Waals surface area contributed by atoms with Crippen LogP contribution in [0.15, 0.2) is 42.5 Å². The first-order valence-corrected chi connectivity index (χ1v) is 11.3. The molecule has 3 heterocycles. The minimum Gasteiger partial charge on any atom is -0.376 e. The standard InChI is InChI=1S/C23H20FN3O4S/c24-15-5-8-18-19(12-15)32-23(25-18)26(13-17-2-1-11-31-17)22(30)14-3-6-16(7-4-14)27-20(28)9-10-21(27)29/h3-8,12,17H,1-2,9-11,13H2. The number of carbonyl (C=O) groups excluding carboxylic acids is 3. The molecule has 0 aliphatic carbocycles. The Hall–Kier alpha value is -3.17. The lowest BCUT2D eigenvalue weighted by Crippen LogP contribution is -2.37. The monoisotopic (exact) mass is 453 g/mol. The van der Waals surface area contributed by atoms with Gasteiger partial charge >= 0.3 is 0 Å². The molecule has 5 rings (SSSR count). The van der Waals surface area contributed by atoms with Crippen molar-refractivity contribution in [1.29, 1.82) is 0 Å². The number of fused-ring (bicyclic) bond motifs is 1. The average molecular weight is 453 g/mol. The number of amides is 3. The van der Waals surface area contributed by atoms with Gasteiger partial charge in [-0.15, -0.1) is 0 Å². The zero-order chi connectivity index (χ0) is 22.2. The highest BCUT2D eigenvalue weighted by Gasteiger charge is 2.31. The van der Waals surface area contributed by atoms with Crippen LogP contribution in [0.2, 0.25) is 0 Å². The minimum absolute atomic E-state index is 0.0955. The SMILES string of the molecule is O=C(c1ccc(N2C(=O)CCC2=O)cc1)N(CC1CCCO1)c1nc2ccc(F)cc2s1. The van der Waals surface area contributed by atoms with Gasteiger partial charge in [0.1, 0.15) is 5.82 Å². The Bertz CT molecular complexity index is 1190. The lowest BCUT2D eigenvalue weighted by atomic mass is 10.1. The molecule has 32 heavy (non-hydrogen) atoms. The van der Waals surface area contributed by atoms with Gasteiger partial charge in [-0.25, -0.2) is 9.37 Å². The van der Waals surface area contributed by atoms with E-state index in [4.69, 9.17) is 4.74 Å². The molecule has 2 aliphatic rings. The molecule has 0 bridgehead atoms. The maximum Gasteiger partial charge on any atom is 0.260 e. The van der Waals surface area contributed by atoms with Gasteiger partial charge in [0.05, 0.1) is 28.6 Å². The molecule has 0 spiro atoms. The maximum absolute atomic E-state index is 13.6. The smallest absolute Gasteiger partial charge is 0.260 e. The molecule has 7 nitrogen and oxygen atoms in total. The Morgan fingerprint density at radius 3 is 2.59 bits per heavy atom. The maximum atomic E-state index is 13.6. The van der Waals surface area contributed by atoms with Crippen molar-refractivity contribution in [3.63, 3.8) is 0 Å². The van der Waals surface area contributed by atoms with Gasteiger partial charge < -0.3 is 4.74 Å². The number of imide groups is 1. The second-order valence-corrected chi connectivity index (χ2v) is 8.84. The van der Waals surface area contributed by atoms with Crippen molar-refractivity contribution >= 4 is 50.1 Å². The van der Waals surface area contributed by atoms with Crippen molar-refractivity contribution in [2.75, 3.05) is 23.0 Å². The van der Waals surface area contributed by atoms with Gasteiger partial charge in [-0.05, 0) is 55.3 Å². The lowest BCUT2D eigenvalue weighted by molar-refractivity contribution is -0.121. The number of rotatable bonds is 5. The van der Waals surface area contributed by atoms with Gasteiger partial charge in [0.2, 0.25) is 11.8 Å². The summed E-state index contributed by atoms with van der Waals surface area (Å²) >= 11 is 1.25. The zero-order valence-electron chi connectivity index (χ0n) is 17.1. The summed E-state index contributed by atoms with van der Waals surface area (Å²) in [5.41, 5.74) is 1.48. The summed E-state index contributed by atoms with van der Waals surface area (Å²) in [4.78, 5) is 44.7. The number of ether oxygens (including phenoxy) is 1. The average Bonchev–Trinajstić information content (AvgIpc) is 3.52. The number of benzene rings is 2. The molecule has 2 saturated heterocycles. The summed E-state index contributed by atoms with van der Waals surface area (Å²) in [6, 6.07) is 10.8. The quantitative estimate of drug-likeness (QED) is 0.547. The Labute approximate surface area is 187 Å². The third-order valence-corrected chi connectivity index (χ3v) is 6.69. The Morgan fingerprint density at radius 2 is 1.91 bits per heavy atom. The molecule has 2 fully saturated rings. The molecule has 0 radical (unpaired) electrons. The number of anilines is 2. The second kappa shape index (κ2) is 8.40. The molecular weight excluding hydrogens is 433 g/mol. The van der Waals surface area contributed by atoms with Crippen LogP contribution < -0.4 is 9.80 Å². The number of hydrogen-bond donors (Lipinski definition) is 0. The fourth-order valence-corrected chi connectivity index (χ4v) is 5.01. The van der Waals surface area contributed by atoms with E-state index in [0.717, 1.165) is 17.7 Å². The van der Waals surface area contributed by atoms with E-state index in [-0.39, 0.29) is 42.5 Å². The van der Waals surface area contributed by atoms with Crippen LogP contribution in [0.3, 0.4) is 0 Å². The molecular formula is C23H20FN3O4S. The largest absolute Gasteiger partial charge is 0.376 e. The van der Waals surface area contributed by atoms with Crippen LogP contribution >= 0.6 is 11.3 Å². The van der Waals surface area contributed by atoms with Gasteiger partial charge in [0, 0.05) is 25.0 Å². The molecule has 1 atom stereocenters. The Kier molecular flexibility index (Phi) is 5.44. The van der Waals surface area contributed by atoms with E-state index in [9.17, 15) is 18.8 Å². The summed E-state index contributed by atoms with van der Waals surface area (Å²) in [6.45, 7) is 0.996. The van der Waals surface area contributed by atoms with Crippen LogP contribution in [0, 0.1) is 5.82 Å².